The Balaban J connectivity index is 0.000000424. The number of nitrogens with zero attached hydrogens (tertiary/aromatic N) is 1. The fourth-order valence-electron chi connectivity index (χ4n) is 0.797. The molecule has 0 aliphatic rings. The topological polar surface area (TPSA) is 66.9 Å². The molecule has 0 aromatic heterocycles. The van der Waals surface area contributed by atoms with Crippen molar-refractivity contribution >= 4 is 5.91 Å². The third-order valence-electron chi connectivity index (χ3n) is 1.22. The molecule has 0 fully saturated rings. The molecule has 0 spiro atoms. The number of carbonyl (C=O) groups excluding carboxylic acids is 1. The van der Waals surface area contributed by atoms with Crippen LogP contribution < -0.4 is 5.73 Å². The first-order chi connectivity index (χ1) is 6.20. The Hall–Kier alpha value is -1.82. The summed E-state index contributed by atoms with van der Waals surface area (Å²) < 4.78 is 0. The maximum absolute atomic E-state index is 10.4. The van der Waals surface area contributed by atoms with Gasteiger partial charge in [-0.3, -0.25) is 4.79 Å². The van der Waals surface area contributed by atoms with Gasteiger partial charge in [0.2, 0.25) is 5.91 Å². The van der Waals surface area contributed by atoms with Gasteiger partial charge in [0.05, 0.1) is 12.5 Å². The normalized spacial score (nSPS) is 7.69. The first-order valence-corrected chi connectivity index (χ1v) is 3.83. The van der Waals surface area contributed by atoms with E-state index < -0.39 is 0 Å². The summed E-state index contributed by atoms with van der Waals surface area (Å²) in [6.07, 6.45) is 0.334. The molecule has 0 bridgehead atoms. The van der Waals surface area contributed by atoms with E-state index in [0.29, 0.717) is 6.42 Å². The van der Waals surface area contributed by atoms with Crippen molar-refractivity contribution in [2.24, 2.45) is 5.73 Å². The van der Waals surface area contributed by atoms with Gasteiger partial charge in [0.25, 0.3) is 0 Å². The third-order valence-corrected chi connectivity index (χ3v) is 1.22. The van der Waals surface area contributed by atoms with E-state index in [1.54, 1.807) is 6.07 Å². The fraction of sp³-hybridized carbons (Fsp3) is 0.200. The summed E-state index contributed by atoms with van der Waals surface area (Å²) in [5.74, 6) is -0.286. The molecule has 0 saturated heterocycles. The summed E-state index contributed by atoms with van der Waals surface area (Å²) in [4.78, 5) is 10.4. The van der Waals surface area contributed by atoms with Crippen molar-refractivity contribution in [3.63, 3.8) is 0 Å². The van der Waals surface area contributed by atoms with E-state index in [4.69, 9.17) is 11.0 Å². The van der Waals surface area contributed by atoms with Crippen molar-refractivity contribution in [2.75, 3.05) is 0 Å². The molecule has 0 radical (unpaired) electrons. The molecular weight excluding hydrogens is 164 g/mol. The van der Waals surface area contributed by atoms with Crippen LogP contribution in [0.15, 0.2) is 30.3 Å². The smallest absolute Gasteiger partial charge is 0.221 e. The van der Waals surface area contributed by atoms with Crippen LogP contribution in [0.4, 0.5) is 0 Å². The average molecular weight is 176 g/mol. The Kier molecular flexibility index (Phi) is 5.90. The lowest BCUT2D eigenvalue weighted by atomic mass is 10.1. The number of hydrogen-bond acceptors (Lipinski definition) is 2. The molecular formula is C10H12N2O. The Bertz CT molecular complexity index is 288. The number of primary amides is 1. The summed E-state index contributed by atoms with van der Waals surface area (Å²) >= 11 is 0. The van der Waals surface area contributed by atoms with Crippen molar-refractivity contribution in [3.8, 4) is 6.07 Å². The number of amides is 1. The molecule has 1 rings (SSSR count). The number of nitriles is 1. The molecule has 68 valence electrons. The molecule has 0 aliphatic heterocycles. The van der Waals surface area contributed by atoms with Gasteiger partial charge >= 0.3 is 0 Å². The molecule has 1 aromatic carbocycles. The largest absolute Gasteiger partial charge is 0.369 e. The van der Waals surface area contributed by atoms with E-state index in [2.05, 4.69) is 0 Å². The summed E-state index contributed by atoms with van der Waals surface area (Å²) in [5, 5.41) is 7.32. The van der Waals surface area contributed by atoms with E-state index in [1.165, 1.54) is 6.92 Å². The van der Waals surface area contributed by atoms with E-state index in [-0.39, 0.29) is 5.91 Å². The van der Waals surface area contributed by atoms with Crippen molar-refractivity contribution in [1.29, 1.82) is 5.26 Å². The van der Waals surface area contributed by atoms with Crippen molar-refractivity contribution in [3.05, 3.63) is 35.9 Å². The molecule has 0 saturated carbocycles. The van der Waals surface area contributed by atoms with Crippen LogP contribution in [0.25, 0.3) is 0 Å². The van der Waals surface area contributed by atoms with Gasteiger partial charge in [-0.15, -0.1) is 0 Å². The maximum Gasteiger partial charge on any atom is 0.221 e. The third kappa shape index (κ3) is 6.57. The van der Waals surface area contributed by atoms with E-state index >= 15 is 0 Å². The van der Waals surface area contributed by atoms with Crippen LogP contribution in [-0.2, 0) is 11.2 Å². The zero-order valence-corrected chi connectivity index (χ0v) is 7.53. The zero-order chi connectivity index (χ0) is 10.1. The summed E-state index contributed by atoms with van der Waals surface area (Å²) in [5.41, 5.74) is 5.95. The number of carbonyl (C=O) groups is 1. The molecule has 3 nitrogen and oxygen atoms in total. The molecule has 0 atom stereocenters. The zero-order valence-electron chi connectivity index (χ0n) is 7.53. The van der Waals surface area contributed by atoms with Crippen LogP contribution in [0.3, 0.4) is 0 Å². The average Bonchev–Trinajstić information content (AvgIpc) is 2.06. The van der Waals surface area contributed by atoms with Crippen LogP contribution in [0.2, 0.25) is 0 Å². The van der Waals surface area contributed by atoms with Crippen LogP contribution in [-0.4, -0.2) is 5.91 Å². The second-order valence-corrected chi connectivity index (χ2v) is 2.35. The molecule has 2 N–H and O–H groups in total. The van der Waals surface area contributed by atoms with Gasteiger partial charge < -0.3 is 5.73 Å². The van der Waals surface area contributed by atoms with E-state index in [9.17, 15) is 4.79 Å². The molecule has 0 aliphatic carbocycles. The number of nitrogens with two attached hydrogens (primary N) is 1. The second-order valence-electron chi connectivity index (χ2n) is 2.35. The Labute approximate surface area is 77.8 Å². The maximum atomic E-state index is 10.4. The van der Waals surface area contributed by atoms with E-state index in [1.807, 2.05) is 30.3 Å². The number of rotatable bonds is 2. The highest BCUT2D eigenvalue weighted by atomic mass is 16.1. The predicted octanol–water partition coefficient (Wildman–Crippen LogP) is 1.24. The Morgan fingerprint density at radius 1 is 1.46 bits per heavy atom. The van der Waals surface area contributed by atoms with Crippen LogP contribution in [0.5, 0.6) is 0 Å². The van der Waals surface area contributed by atoms with Crippen molar-refractivity contribution in [1.82, 2.24) is 0 Å². The summed E-state index contributed by atoms with van der Waals surface area (Å²) in [7, 11) is 0. The minimum absolute atomic E-state index is 0.286. The summed E-state index contributed by atoms with van der Waals surface area (Å²) in [6.45, 7) is 1.43. The quantitative estimate of drug-likeness (QED) is 0.736. The first kappa shape index (κ1) is 11.2. The molecule has 1 aromatic rings. The van der Waals surface area contributed by atoms with Gasteiger partial charge in [0.1, 0.15) is 0 Å². The van der Waals surface area contributed by atoms with Gasteiger partial charge in [-0.1, -0.05) is 30.3 Å². The predicted molar refractivity (Wildman–Crippen MR) is 50.6 cm³/mol. The number of benzene rings is 1. The highest BCUT2D eigenvalue weighted by Gasteiger charge is 1.94. The molecule has 0 heterocycles. The van der Waals surface area contributed by atoms with Gasteiger partial charge in [-0.05, 0) is 5.56 Å². The minimum atomic E-state index is -0.286. The minimum Gasteiger partial charge on any atom is -0.369 e. The highest BCUT2D eigenvalue weighted by Crippen LogP contribution is 1.97. The fourth-order valence-corrected chi connectivity index (χ4v) is 0.797. The van der Waals surface area contributed by atoms with Crippen LogP contribution in [0.1, 0.15) is 12.5 Å². The molecule has 1 amide bonds. The monoisotopic (exact) mass is 176 g/mol. The van der Waals surface area contributed by atoms with Gasteiger partial charge in [0, 0.05) is 6.92 Å². The lowest BCUT2D eigenvalue weighted by molar-refractivity contribution is -0.117. The van der Waals surface area contributed by atoms with Gasteiger partial charge in [-0.25, -0.2) is 0 Å². The summed E-state index contributed by atoms with van der Waals surface area (Å²) in [6, 6.07) is 11.2. The van der Waals surface area contributed by atoms with Crippen LogP contribution >= 0.6 is 0 Å². The lowest BCUT2D eigenvalue weighted by Crippen LogP contribution is -2.13. The molecule has 0 unspecified atom stereocenters. The number of hydrogen-bond donors (Lipinski definition) is 1. The molecule has 13 heavy (non-hydrogen) atoms. The highest BCUT2D eigenvalue weighted by molar-refractivity contribution is 5.76. The first-order valence-electron chi connectivity index (χ1n) is 3.83. The second kappa shape index (κ2) is 6.86. The Morgan fingerprint density at radius 3 is 2.31 bits per heavy atom. The van der Waals surface area contributed by atoms with Crippen molar-refractivity contribution in [2.45, 2.75) is 13.3 Å². The molecule has 3 heteroatoms. The Morgan fingerprint density at radius 2 is 1.92 bits per heavy atom. The van der Waals surface area contributed by atoms with Crippen molar-refractivity contribution < 1.29 is 4.79 Å². The lowest BCUT2D eigenvalue weighted by Gasteiger charge is -1.93. The SMILES string of the molecule is CC#N.NC(=O)Cc1ccccc1. The van der Waals surface area contributed by atoms with Gasteiger partial charge in [0.15, 0.2) is 0 Å². The van der Waals surface area contributed by atoms with Crippen LogP contribution in [0, 0.1) is 11.3 Å². The van der Waals surface area contributed by atoms with E-state index in [0.717, 1.165) is 5.56 Å². The van der Waals surface area contributed by atoms with Gasteiger partial charge in [-0.2, -0.15) is 5.26 Å². The standard InChI is InChI=1S/C8H9NO.C2H3N/c9-8(10)6-7-4-2-1-3-5-7;1-2-3/h1-5H,6H2,(H2,9,10);1H3.